The molecule has 1 unspecified atom stereocenters. The molecular weight excluding hydrogens is 554 g/mol. The normalized spacial score (nSPS) is 14.4. The summed E-state index contributed by atoms with van der Waals surface area (Å²) in [4.78, 5) is 18.4. The zero-order valence-electron chi connectivity index (χ0n) is 22.8. The number of nitrogens with one attached hydrogen (secondary N) is 2. The molecule has 11 heteroatoms. The molecule has 3 N–H and O–H groups in total. The van der Waals surface area contributed by atoms with Gasteiger partial charge < -0.3 is 20.2 Å². The highest BCUT2D eigenvalue weighted by Gasteiger charge is 2.34. The number of fused-ring (bicyclic) bond motifs is 2. The minimum Gasteiger partial charge on any atom is -0.487 e. The van der Waals surface area contributed by atoms with Gasteiger partial charge in [-0.15, -0.1) is 5.10 Å². The Labute approximate surface area is 247 Å². The summed E-state index contributed by atoms with van der Waals surface area (Å²) in [5.41, 5.74) is 11.6. The van der Waals surface area contributed by atoms with Crippen LogP contribution in [0.4, 0.5) is 11.4 Å². The quantitative estimate of drug-likeness (QED) is 0.138. The maximum Gasteiger partial charge on any atom is 0.260 e. The number of carbonyl (C=O) groups excluding carboxylic acids is 1. The van der Waals surface area contributed by atoms with Gasteiger partial charge in [0.05, 0.1) is 23.1 Å². The largest absolute Gasteiger partial charge is 0.487 e. The van der Waals surface area contributed by atoms with Crippen LogP contribution in [0.15, 0.2) is 85.2 Å². The Morgan fingerprint density at radius 1 is 1.00 bits per heavy atom. The van der Waals surface area contributed by atoms with Crippen LogP contribution in [-0.2, 0) is 24.5 Å². The van der Waals surface area contributed by atoms with E-state index in [1.165, 1.54) is 0 Å². The highest BCUT2D eigenvalue weighted by molar-refractivity contribution is 6.31. The summed E-state index contributed by atoms with van der Waals surface area (Å²) in [6.07, 6.45) is 4.16. The Balaban J connectivity index is 0.922. The third-order valence-electron chi connectivity index (χ3n) is 7.16. The molecule has 0 radical (unpaired) electrons. The molecule has 1 amide bonds. The van der Waals surface area contributed by atoms with E-state index < -0.39 is 6.10 Å². The summed E-state index contributed by atoms with van der Waals surface area (Å²) in [5.74, 6) is 0.484. The summed E-state index contributed by atoms with van der Waals surface area (Å²) in [5, 5.41) is 20.2. The molecule has 6 rings (SSSR count). The molecule has 2 aromatic heterocycles. The van der Waals surface area contributed by atoms with Gasteiger partial charge in [-0.05, 0) is 60.9 Å². The predicted octanol–water partition coefficient (Wildman–Crippen LogP) is 5.04. The highest BCUT2D eigenvalue weighted by Crippen LogP contribution is 2.35. The van der Waals surface area contributed by atoms with E-state index in [1.807, 2.05) is 72.9 Å². The van der Waals surface area contributed by atoms with Crippen LogP contribution in [0.3, 0.4) is 0 Å². The van der Waals surface area contributed by atoms with E-state index in [4.69, 9.17) is 16.3 Å². The highest BCUT2D eigenvalue weighted by atomic mass is 35.5. The van der Waals surface area contributed by atoms with E-state index in [0.29, 0.717) is 36.8 Å². The fourth-order valence-corrected chi connectivity index (χ4v) is 5.15. The van der Waals surface area contributed by atoms with Crippen LogP contribution in [-0.4, -0.2) is 37.5 Å². The molecular formula is C31H30ClN7O3. The van der Waals surface area contributed by atoms with Crippen molar-refractivity contribution in [3.8, 4) is 5.75 Å². The van der Waals surface area contributed by atoms with Gasteiger partial charge in [-0.3, -0.25) is 14.5 Å². The number of hydrazine groups is 1. The number of aliphatic hydroxyl groups is 1. The second-order valence-corrected chi connectivity index (χ2v) is 10.5. The van der Waals surface area contributed by atoms with Gasteiger partial charge in [0.1, 0.15) is 18.1 Å². The molecule has 3 heterocycles. The zero-order chi connectivity index (χ0) is 28.9. The van der Waals surface area contributed by atoms with Crippen molar-refractivity contribution in [1.82, 2.24) is 25.4 Å². The van der Waals surface area contributed by atoms with E-state index >= 15 is 0 Å². The van der Waals surface area contributed by atoms with Gasteiger partial charge in [-0.2, -0.15) is 0 Å². The number of hydrogen-bond donors (Lipinski definition) is 3. The molecule has 0 saturated carbocycles. The second-order valence-electron chi connectivity index (χ2n) is 10.1. The Morgan fingerprint density at radius 3 is 2.71 bits per heavy atom. The molecule has 5 aromatic rings. The Hall–Kier alpha value is -4.51. The van der Waals surface area contributed by atoms with E-state index in [1.54, 1.807) is 21.8 Å². The average Bonchev–Trinajstić information content (AvgIpc) is 3.56. The number of pyridine rings is 1. The second kappa shape index (κ2) is 12.6. The molecule has 214 valence electrons. The summed E-state index contributed by atoms with van der Waals surface area (Å²) in [6.45, 7) is 2.16. The molecule has 1 atom stereocenters. The first-order valence-electron chi connectivity index (χ1n) is 13.8. The SMILES string of the molecule is O=C1C(O)c2ccccc2N1CCCCn1cc(COc2ccc(CNNc3ccnc4cc(Cl)ccc34)cc2)nn1. The molecule has 0 aliphatic carbocycles. The number of aliphatic hydroxyl groups excluding tert-OH is 1. The van der Waals surface area contributed by atoms with Crippen LogP contribution < -0.4 is 20.5 Å². The molecule has 3 aromatic carbocycles. The fraction of sp³-hybridized carbons (Fsp3) is 0.226. The van der Waals surface area contributed by atoms with Crippen LogP contribution in [0, 0.1) is 0 Å². The number of halogens is 1. The van der Waals surface area contributed by atoms with E-state index in [2.05, 4.69) is 26.1 Å². The Kier molecular flexibility index (Phi) is 8.27. The van der Waals surface area contributed by atoms with Gasteiger partial charge in [-0.25, -0.2) is 5.43 Å². The van der Waals surface area contributed by atoms with Crippen molar-refractivity contribution < 1.29 is 14.6 Å². The molecule has 0 fully saturated rings. The number of aromatic nitrogens is 4. The number of hydrogen-bond acceptors (Lipinski definition) is 8. The molecule has 10 nitrogen and oxygen atoms in total. The van der Waals surface area contributed by atoms with E-state index in [0.717, 1.165) is 52.1 Å². The number of carbonyl (C=O) groups is 1. The topological polar surface area (TPSA) is 117 Å². The summed E-state index contributed by atoms with van der Waals surface area (Å²) < 4.78 is 7.69. The number of amides is 1. The first-order chi connectivity index (χ1) is 20.5. The van der Waals surface area contributed by atoms with Crippen LogP contribution in [0.5, 0.6) is 5.75 Å². The predicted molar refractivity (Wildman–Crippen MR) is 161 cm³/mol. The number of para-hydroxylation sites is 1. The Bertz CT molecular complexity index is 1690. The number of nitrogens with zero attached hydrogens (tertiary/aromatic N) is 5. The zero-order valence-corrected chi connectivity index (χ0v) is 23.5. The standard InChI is InChI=1S/C31H30ClN7O3/c32-22-9-12-25-27(13-14-33-28(25)17-22)36-34-18-21-7-10-24(11-8-21)42-20-23-19-38(37-35-23)15-3-4-16-39-29-6-2-1-5-26(29)30(40)31(39)41/h1-2,5-14,17,19,30,34,40H,3-4,15-16,18,20H2,(H,33,36). The number of anilines is 2. The minimum atomic E-state index is -1.07. The summed E-state index contributed by atoms with van der Waals surface area (Å²) >= 11 is 6.08. The first kappa shape index (κ1) is 27.6. The third-order valence-corrected chi connectivity index (χ3v) is 7.39. The van der Waals surface area contributed by atoms with Crippen LogP contribution in [0.1, 0.15) is 35.8 Å². The summed E-state index contributed by atoms with van der Waals surface area (Å²) in [7, 11) is 0. The maximum atomic E-state index is 12.4. The lowest BCUT2D eigenvalue weighted by atomic mass is 10.1. The average molecular weight is 584 g/mol. The van der Waals surface area contributed by atoms with Crippen LogP contribution >= 0.6 is 11.6 Å². The van der Waals surface area contributed by atoms with Crippen molar-refractivity contribution in [2.75, 3.05) is 16.9 Å². The van der Waals surface area contributed by atoms with Gasteiger partial charge in [0.15, 0.2) is 6.10 Å². The van der Waals surface area contributed by atoms with Gasteiger partial charge in [0, 0.05) is 41.8 Å². The minimum absolute atomic E-state index is 0.262. The van der Waals surface area contributed by atoms with E-state index in [-0.39, 0.29) is 5.91 Å². The molecule has 42 heavy (non-hydrogen) atoms. The molecule has 0 spiro atoms. The number of ether oxygens (including phenoxy) is 1. The molecule has 0 saturated heterocycles. The van der Waals surface area contributed by atoms with Crippen LogP contribution in [0.2, 0.25) is 5.02 Å². The van der Waals surface area contributed by atoms with Gasteiger partial charge >= 0.3 is 0 Å². The van der Waals surface area contributed by atoms with Crippen molar-refractivity contribution in [2.24, 2.45) is 0 Å². The number of aryl methyl sites for hydroxylation is 1. The van der Waals surface area contributed by atoms with Crippen molar-refractivity contribution in [3.05, 3.63) is 107 Å². The smallest absolute Gasteiger partial charge is 0.260 e. The number of rotatable bonds is 12. The number of unbranched alkanes of at least 4 members (excludes halogenated alkanes) is 1. The fourth-order valence-electron chi connectivity index (χ4n) is 4.98. The molecule has 1 aliphatic heterocycles. The van der Waals surface area contributed by atoms with Crippen LogP contribution in [0.25, 0.3) is 10.9 Å². The lowest BCUT2D eigenvalue weighted by Crippen LogP contribution is -2.29. The molecule has 1 aliphatic rings. The monoisotopic (exact) mass is 583 g/mol. The number of benzene rings is 3. The summed E-state index contributed by atoms with van der Waals surface area (Å²) in [6, 6.07) is 22.8. The lowest BCUT2D eigenvalue weighted by molar-refractivity contribution is -0.125. The first-order valence-corrected chi connectivity index (χ1v) is 14.2. The van der Waals surface area contributed by atoms with Gasteiger partial charge in [0.25, 0.3) is 5.91 Å². The van der Waals surface area contributed by atoms with Crippen molar-refractivity contribution in [1.29, 1.82) is 0 Å². The van der Waals surface area contributed by atoms with Gasteiger partial charge in [-0.1, -0.05) is 47.1 Å². The van der Waals surface area contributed by atoms with Crippen molar-refractivity contribution >= 4 is 39.8 Å². The maximum absolute atomic E-state index is 12.4. The Morgan fingerprint density at radius 2 is 1.83 bits per heavy atom. The molecule has 0 bridgehead atoms. The van der Waals surface area contributed by atoms with Crippen molar-refractivity contribution in [3.63, 3.8) is 0 Å². The van der Waals surface area contributed by atoms with Crippen molar-refractivity contribution in [2.45, 2.75) is 38.6 Å². The van der Waals surface area contributed by atoms with Gasteiger partial charge in [0.2, 0.25) is 0 Å². The lowest BCUT2D eigenvalue weighted by Gasteiger charge is -2.17. The third kappa shape index (κ3) is 6.20. The van der Waals surface area contributed by atoms with E-state index in [9.17, 15) is 9.90 Å².